The molecule has 4 heteroatoms. The molecule has 0 aliphatic carbocycles. The van der Waals surface area contributed by atoms with Gasteiger partial charge in [0, 0.05) is 6.42 Å². The lowest BCUT2D eigenvalue weighted by Crippen LogP contribution is -2.17. The van der Waals surface area contributed by atoms with E-state index in [9.17, 15) is 9.18 Å². The van der Waals surface area contributed by atoms with Crippen LogP contribution in [0.4, 0.5) is 4.39 Å². The summed E-state index contributed by atoms with van der Waals surface area (Å²) >= 11 is 0. The minimum absolute atomic E-state index is 0.136. The molecule has 0 bridgehead atoms. The van der Waals surface area contributed by atoms with Crippen molar-refractivity contribution in [2.45, 2.75) is 20.3 Å². The van der Waals surface area contributed by atoms with Crippen molar-refractivity contribution in [3.63, 3.8) is 0 Å². The highest BCUT2D eigenvalue weighted by Gasteiger charge is 2.07. The van der Waals surface area contributed by atoms with Crippen molar-refractivity contribution in [2.24, 2.45) is 0 Å². The van der Waals surface area contributed by atoms with Crippen molar-refractivity contribution in [2.75, 3.05) is 0 Å². The van der Waals surface area contributed by atoms with Gasteiger partial charge in [-0.15, -0.1) is 0 Å². The predicted molar refractivity (Wildman–Crippen MR) is 63.5 cm³/mol. The highest BCUT2D eigenvalue weighted by Crippen LogP contribution is 2.08. The Bertz CT molecular complexity index is 605. The Hall–Kier alpha value is -1.97. The number of nitrogens with zero attached hydrogens (tertiary/aromatic N) is 1. The van der Waals surface area contributed by atoms with Gasteiger partial charge in [0.2, 0.25) is 5.82 Å². The summed E-state index contributed by atoms with van der Waals surface area (Å²) in [7, 11) is 0. The zero-order valence-corrected chi connectivity index (χ0v) is 9.75. The Morgan fingerprint density at radius 2 is 2.12 bits per heavy atom. The van der Waals surface area contributed by atoms with Crippen molar-refractivity contribution >= 4 is 0 Å². The maximum atomic E-state index is 13.1. The molecule has 0 unspecified atom stereocenters. The van der Waals surface area contributed by atoms with Gasteiger partial charge in [0.05, 0.1) is 5.69 Å². The molecule has 2 aromatic rings. The molecular weight excluding hydrogens is 219 g/mol. The number of nitrogens with one attached hydrogen (secondary N) is 1. The number of hydrogen-bond donors (Lipinski definition) is 1. The highest BCUT2D eigenvalue weighted by atomic mass is 19.1. The third kappa shape index (κ3) is 2.58. The third-order valence-electron chi connectivity index (χ3n) is 2.53. The Labute approximate surface area is 98.3 Å². The number of hydrogen-bond acceptors (Lipinski definition) is 2. The number of aromatic amines is 1. The number of aromatic nitrogens is 2. The second kappa shape index (κ2) is 4.49. The summed E-state index contributed by atoms with van der Waals surface area (Å²) in [5.74, 6) is -0.322. The SMILES string of the molecule is Cc1cccc(Cc2nc(C)c(F)c(=O)[nH]2)c1. The molecule has 88 valence electrons. The lowest BCUT2D eigenvalue weighted by molar-refractivity contribution is 0.583. The van der Waals surface area contributed by atoms with E-state index in [0.29, 0.717) is 12.2 Å². The molecule has 0 saturated carbocycles. The molecule has 0 spiro atoms. The quantitative estimate of drug-likeness (QED) is 0.862. The summed E-state index contributed by atoms with van der Waals surface area (Å²) in [4.78, 5) is 17.7. The van der Waals surface area contributed by atoms with E-state index in [4.69, 9.17) is 0 Å². The Morgan fingerprint density at radius 3 is 2.76 bits per heavy atom. The molecule has 1 heterocycles. The molecule has 0 radical (unpaired) electrons. The molecule has 0 amide bonds. The van der Waals surface area contributed by atoms with Gasteiger partial charge in [-0.2, -0.15) is 4.39 Å². The molecule has 0 atom stereocenters. The summed E-state index contributed by atoms with van der Waals surface area (Å²) in [5.41, 5.74) is 1.61. The Morgan fingerprint density at radius 1 is 1.35 bits per heavy atom. The summed E-state index contributed by atoms with van der Waals surface area (Å²) in [6.07, 6.45) is 0.498. The minimum atomic E-state index is -0.807. The van der Waals surface area contributed by atoms with Crippen LogP contribution < -0.4 is 5.56 Å². The Kier molecular flexibility index (Phi) is 3.04. The van der Waals surface area contributed by atoms with Crippen LogP contribution in [0, 0.1) is 19.7 Å². The fourth-order valence-electron chi connectivity index (χ4n) is 1.73. The predicted octanol–water partition coefficient (Wildman–Crippen LogP) is 2.12. The fraction of sp³-hybridized carbons (Fsp3) is 0.231. The van der Waals surface area contributed by atoms with Crippen LogP contribution in [0.2, 0.25) is 0 Å². The van der Waals surface area contributed by atoms with Crippen LogP contribution in [-0.2, 0) is 6.42 Å². The smallest absolute Gasteiger partial charge is 0.287 e. The average molecular weight is 232 g/mol. The van der Waals surface area contributed by atoms with E-state index >= 15 is 0 Å². The number of rotatable bonds is 2. The van der Waals surface area contributed by atoms with Crippen LogP contribution in [-0.4, -0.2) is 9.97 Å². The number of halogens is 1. The van der Waals surface area contributed by atoms with Crippen molar-refractivity contribution < 1.29 is 4.39 Å². The second-order valence-corrected chi connectivity index (χ2v) is 4.08. The molecule has 1 aromatic heterocycles. The van der Waals surface area contributed by atoms with Crippen LogP contribution in [0.1, 0.15) is 22.6 Å². The van der Waals surface area contributed by atoms with Crippen LogP contribution in [0.15, 0.2) is 29.1 Å². The highest BCUT2D eigenvalue weighted by molar-refractivity contribution is 5.25. The van der Waals surface area contributed by atoms with E-state index in [1.54, 1.807) is 0 Å². The van der Waals surface area contributed by atoms with Gasteiger partial charge in [-0.1, -0.05) is 29.8 Å². The summed E-state index contributed by atoms with van der Waals surface area (Å²) in [6.45, 7) is 3.49. The van der Waals surface area contributed by atoms with Gasteiger partial charge >= 0.3 is 0 Å². The van der Waals surface area contributed by atoms with Gasteiger partial charge < -0.3 is 4.98 Å². The van der Waals surface area contributed by atoms with Crippen molar-refractivity contribution in [3.05, 3.63) is 63.1 Å². The van der Waals surface area contributed by atoms with Crippen molar-refractivity contribution in [1.82, 2.24) is 9.97 Å². The van der Waals surface area contributed by atoms with Crippen LogP contribution in [0.5, 0.6) is 0 Å². The summed E-state index contributed by atoms with van der Waals surface area (Å²) in [6, 6.07) is 7.90. The van der Waals surface area contributed by atoms with E-state index in [-0.39, 0.29) is 5.69 Å². The standard InChI is InChI=1S/C13H13FN2O/c1-8-4-3-5-10(6-8)7-11-15-9(2)12(14)13(17)16-11/h3-6H,7H2,1-2H3,(H,15,16,17). The molecule has 2 rings (SSSR count). The molecule has 1 aromatic carbocycles. The van der Waals surface area contributed by atoms with Crippen molar-refractivity contribution in [3.8, 4) is 0 Å². The van der Waals surface area contributed by atoms with Gasteiger partial charge in [0.25, 0.3) is 5.56 Å². The third-order valence-corrected chi connectivity index (χ3v) is 2.53. The largest absolute Gasteiger partial charge is 0.308 e. The van der Waals surface area contributed by atoms with E-state index in [1.807, 2.05) is 31.2 Å². The molecule has 17 heavy (non-hydrogen) atoms. The topological polar surface area (TPSA) is 45.8 Å². The summed E-state index contributed by atoms with van der Waals surface area (Å²) in [5, 5.41) is 0. The minimum Gasteiger partial charge on any atom is -0.308 e. The molecule has 0 aliphatic heterocycles. The van der Waals surface area contributed by atoms with Gasteiger partial charge in [-0.3, -0.25) is 4.79 Å². The second-order valence-electron chi connectivity index (χ2n) is 4.08. The first-order chi connectivity index (χ1) is 8.06. The molecule has 3 nitrogen and oxygen atoms in total. The molecule has 1 N–H and O–H groups in total. The first-order valence-electron chi connectivity index (χ1n) is 5.37. The monoisotopic (exact) mass is 232 g/mol. The lowest BCUT2D eigenvalue weighted by Gasteiger charge is -2.03. The fourth-order valence-corrected chi connectivity index (χ4v) is 1.73. The molecule has 0 aliphatic rings. The first kappa shape index (κ1) is 11.5. The van der Waals surface area contributed by atoms with Gasteiger partial charge in [0.15, 0.2) is 0 Å². The lowest BCUT2D eigenvalue weighted by atomic mass is 10.1. The molecule has 0 fully saturated rings. The zero-order valence-electron chi connectivity index (χ0n) is 9.75. The number of aryl methyl sites for hydroxylation is 2. The van der Waals surface area contributed by atoms with E-state index in [1.165, 1.54) is 6.92 Å². The normalized spacial score (nSPS) is 10.5. The van der Waals surface area contributed by atoms with Gasteiger partial charge in [-0.25, -0.2) is 4.98 Å². The van der Waals surface area contributed by atoms with Crippen molar-refractivity contribution in [1.29, 1.82) is 0 Å². The first-order valence-corrected chi connectivity index (χ1v) is 5.37. The number of H-pyrrole nitrogens is 1. The zero-order chi connectivity index (χ0) is 12.4. The van der Waals surface area contributed by atoms with E-state index in [2.05, 4.69) is 9.97 Å². The Balaban J connectivity index is 2.34. The maximum absolute atomic E-state index is 13.1. The van der Waals surface area contributed by atoms with Crippen LogP contribution >= 0.6 is 0 Å². The van der Waals surface area contributed by atoms with E-state index < -0.39 is 11.4 Å². The molecule has 0 saturated heterocycles. The maximum Gasteiger partial charge on any atom is 0.287 e. The van der Waals surface area contributed by atoms with Crippen LogP contribution in [0.25, 0.3) is 0 Å². The average Bonchev–Trinajstić information content (AvgIpc) is 2.26. The summed E-state index contributed by atoms with van der Waals surface area (Å²) < 4.78 is 13.1. The number of benzene rings is 1. The molecular formula is C13H13FN2O. The van der Waals surface area contributed by atoms with Crippen LogP contribution in [0.3, 0.4) is 0 Å². The van der Waals surface area contributed by atoms with Gasteiger partial charge in [0.1, 0.15) is 5.82 Å². The van der Waals surface area contributed by atoms with Gasteiger partial charge in [-0.05, 0) is 19.4 Å². The van der Waals surface area contributed by atoms with E-state index in [0.717, 1.165) is 11.1 Å².